The van der Waals surface area contributed by atoms with E-state index in [9.17, 15) is 4.39 Å². The molecule has 0 amide bonds. The molecule has 16 heavy (non-hydrogen) atoms. The fourth-order valence-corrected chi connectivity index (χ4v) is 1.65. The molecule has 0 unspecified atom stereocenters. The lowest BCUT2D eigenvalue weighted by Crippen LogP contribution is -2.05. The molecule has 0 aromatic heterocycles. The van der Waals surface area contributed by atoms with Crippen molar-refractivity contribution in [3.05, 3.63) is 34.6 Å². The summed E-state index contributed by atoms with van der Waals surface area (Å²) in [5.74, 6) is -0.279. The summed E-state index contributed by atoms with van der Waals surface area (Å²) in [6, 6.07) is 2.94. The zero-order valence-corrected chi connectivity index (χ0v) is 9.88. The van der Waals surface area contributed by atoms with Crippen LogP contribution in [0.25, 0.3) is 0 Å². The van der Waals surface area contributed by atoms with Crippen LogP contribution in [0.2, 0.25) is 0 Å². The summed E-state index contributed by atoms with van der Waals surface area (Å²) in [6.45, 7) is 1.16. The second kappa shape index (κ2) is 6.58. The van der Waals surface area contributed by atoms with Crippen molar-refractivity contribution >= 4 is 0 Å². The first-order valence-corrected chi connectivity index (χ1v) is 5.00. The Bertz CT molecular complexity index is 312. The predicted molar refractivity (Wildman–Crippen MR) is 58.5 cm³/mol. The van der Waals surface area contributed by atoms with Gasteiger partial charge in [0.1, 0.15) is 5.82 Å². The van der Waals surface area contributed by atoms with Crippen LogP contribution >= 0.6 is 0 Å². The molecule has 0 aliphatic carbocycles. The number of benzene rings is 1. The lowest BCUT2D eigenvalue weighted by molar-refractivity contribution is 0.158. The van der Waals surface area contributed by atoms with Crippen LogP contribution in [0.3, 0.4) is 0 Å². The molecule has 0 spiro atoms. The number of halogens is 1. The number of rotatable bonds is 6. The number of methoxy groups -OCH3 is 3. The van der Waals surface area contributed by atoms with Crippen molar-refractivity contribution in [1.29, 1.82) is 0 Å². The monoisotopic (exact) mass is 228 g/mol. The second-order valence-corrected chi connectivity index (χ2v) is 3.50. The maximum absolute atomic E-state index is 13.3. The topological polar surface area (TPSA) is 27.7 Å². The third kappa shape index (κ3) is 3.27. The largest absolute Gasteiger partial charge is 0.380 e. The molecule has 0 bridgehead atoms. The second-order valence-electron chi connectivity index (χ2n) is 3.50. The first kappa shape index (κ1) is 13.1. The van der Waals surface area contributed by atoms with Crippen LogP contribution in [0.1, 0.15) is 16.7 Å². The Morgan fingerprint density at radius 2 is 1.31 bits per heavy atom. The van der Waals surface area contributed by atoms with Crippen molar-refractivity contribution in [1.82, 2.24) is 0 Å². The summed E-state index contributed by atoms with van der Waals surface area (Å²) in [5, 5.41) is 0. The van der Waals surface area contributed by atoms with Gasteiger partial charge in [-0.05, 0) is 28.8 Å². The highest BCUT2D eigenvalue weighted by Gasteiger charge is 2.11. The minimum Gasteiger partial charge on any atom is -0.380 e. The lowest BCUT2D eigenvalue weighted by Gasteiger charge is -2.14. The van der Waals surface area contributed by atoms with Gasteiger partial charge in [0.25, 0.3) is 0 Å². The molecule has 0 N–H and O–H groups in total. The molecule has 1 aromatic rings. The van der Waals surface area contributed by atoms with Crippen LogP contribution < -0.4 is 0 Å². The van der Waals surface area contributed by atoms with Gasteiger partial charge in [-0.15, -0.1) is 0 Å². The zero-order chi connectivity index (χ0) is 12.0. The zero-order valence-electron chi connectivity index (χ0n) is 9.88. The van der Waals surface area contributed by atoms with Crippen molar-refractivity contribution in [2.45, 2.75) is 19.8 Å². The van der Waals surface area contributed by atoms with Crippen molar-refractivity contribution in [3.63, 3.8) is 0 Å². The quantitative estimate of drug-likeness (QED) is 0.747. The molecule has 0 saturated heterocycles. The Morgan fingerprint density at radius 3 is 1.69 bits per heavy atom. The molecule has 0 fully saturated rings. The van der Waals surface area contributed by atoms with E-state index in [4.69, 9.17) is 14.2 Å². The average Bonchev–Trinajstić information content (AvgIpc) is 2.24. The third-order valence-electron chi connectivity index (χ3n) is 2.29. The number of hydrogen-bond acceptors (Lipinski definition) is 3. The fourth-order valence-electron chi connectivity index (χ4n) is 1.65. The molecule has 1 rings (SSSR count). The van der Waals surface area contributed by atoms with Gasteiger partial charge in [0, 0.05) is 21.3 Å². The van der Waals surface area contributed by atoms with Gasteiger partial charge in [-0.1, -0.05) is 0 Å². The average molecular weight is 228 g/mol. The number of hydrogen-bond donors (Lipinski definition) is 0. The first-order chi connectivity index (χ1) is 7.72. The smallest absolute Gasteiger partial charge is 0.123 e. The van der Waals surface area contributed by atoms with Gasteiger partial charge in [-0.25, -0.2) is 4.39 Å². The standard InChI is InChI=1S/C12H17FO3/c1-14-6-9-4-11(13)5-10(7-15-2)12(9)8-16-3/h4-5H,6-8H2,1-3H3. The van der Waals surface area contributed by atoms with E-state index in [-0.39, 0.29) is 5.82 Å². The van der Waals surface area contributed by atoms with E-state index < -0.39 is 0 Å². The highest BCUT2D eigenvalue weighted by atomic mass is 19.1. The van der Waals surface area contributed by atoms with Gasteiger partial charge in [0.2, 0.25) is 0 Å². The van der Waals surface area contributed by atoms with E-state index >= 15 is 0 Å². The molecular formula is C12H17FO3. The molecule has 90 valence electrons. The molecule has 0 aliphatic heterocycles. The van der Waals surface area contributed by atoms with Crippen molar-refractivity contribution in [3.8, 4) is 0 Å². The summed E-state index contributed by atoms with van der Waals surface area (Å²) in [7, 11) is 4.77. The maximum atomic E-state index is 13.3. The van der Waals surface area contributed by atoms with E-state index in [2.05, 4.69) is 0 Å². The molecule has 1 aromatic carbocycles. The molecule has 0 heterocycles. The van der Waals surface area contributed by atoms with Crippen molar-refractivity contribution in [2.24, 2.45) is 0 Å². The van der Waals surface area contributed by atoms with E-state index in [1.807, 2.05) is 0 Å². The number of ether oxygens (including phenoxy) is 3. The van der Waals surface area contributed by atoms with Crippen LogP contribution in [0, 0.1) is 5.82 Å². The normalized spacial score (nSPS) is 10.8. The summed E-state index contributed by atoms with van der Waals surface area (Å²) >= 11 is 0. The Balaban J connectivity index is 3.12. The van der Waals surface area contributed by atoms with Crippen molar-refractivity contribution in [2.75, 3.05) is 21.3 Å². The minimum absolute atomic E-state index is 0.279. The molecule has 0 atom stereocenters. The Kier molecular flexibility index (Phi) is 5.38. The van der Waals surface area contributed by atoms with Crippen LogP contribution in [-0.4, -0.2) is 21.3 Å². The predicted octanol–water partition coefficient (Wildman–Crippen LogP) is 2.26. The van der Waals surface area contributed by atoms with E-state index in [0.29, 0.717) is 19.8 Å². The van der Waals surface area contributed by atoms with Crippen LogP contribution in [0.4, 0.5) is 4.39 Å². The van der Waals surface area contributed by atoms with Gasteiger partial charge < -0.3 is 14.2 Å². The third-order valence-corrected chi connectivity index (χ3v) is 2.29. The Labute approximate surface area is 95.1 Å². The lowest BCUT2D eigenvalue weighted by atomic mass is 10.0. The molecule has 0 saturated carbocycles. The minimum atomic E-state index is -0.279. The maximum Gasteiger partial charge on any atom is 0.123 e. The Morgan fingerprint density at radius 1 is 0.875 bits per heavy atom. The highest BCUT2D eigenvalue weighted by Crippen LogP contribution is 2.20. The molecule has 0 radical (unpaired) electrons. The summed E-state index contributed by atoms with van der Waals surface area (Å²) in [6.07, 6.45) is 0. The van der Waals surface area contributed by atoms with E-state index in [1.165, 1.54) is 12.1 Å². The summed E-state index contributed by atoms with van der Waals surface area (Å²) in [4.78, 5) is 0. The fraction of sp³-hybridized carbons (Fsp3) is 0.500. The van der Waals surface area contributed by atoms with Gasteiger partial charge in [0.15, 0.2) is 0 Å². The van der Waals surface area contributed by atoms with Gasteiger partial charge >= 0.3 is 0 Å². The first-order valence-electron chi connectivity index (χ1n) is 5.00. The van der Waals surface area contributed by atoms with Crippen LogP contribution in [-0.2, 0) is 34.0 Å². The SMILES string of the molecule is COCc1cc(F)cc(COC)c1COC. The van der Waals surface area contributed by atoms with Crippen molar-refractivity contribution < 1.29 is 18.6 Å². The highest BCUT2D eigenvalue weighted by molar-refractivity contribution is 5.35. The Hall–Kier alpha value is -0.970. The summed E-state index contributed by atoms with van der Waals surface area (Å²) < 4.78 is 28.5. The molecule has 4 heteroatoms. The van der Waals surface area contributed by atoms with Gasteiger partial charge in [0.05, 0.1) is 19.8 Å². The van der Waals surface area contributed by atoms with Gasteiger partial charge in [-0.3, -0.25) is 0 Å². The molecule has 3 nitrogen and oxygen atoms in total. The molecular weight excluding hydrogens is 211 g/mol. The van der Waals surface area contributed by atoms with Crippen LogP contribution in [0.5, 0.6) is 0 Å². The van der Waals surface area contributed by atoms with E-state index in [1.54, 1.807) is 21.3 Å². The summed E-state index contributed by atoms with van der Waals surface area (Å²) in [5.41, 5.74) is 2.54. The molecule has 0 aliphatic rings. The van der Waals surface area contributed by atoms with E-state index in [0.717, 1.165) is 16.7 Å². The van der Waals surface area contributed by atoms with Gasteiger partial charge in [-0.2, -0.15) is 0 Å². The van der Waals surface area contributed by atoms with Crippen LogP contribution in [0.15, 0.2) is 12.1 Å².